The van der Waals surface area contributed by atoms with Crippen LogP contribution >= 0.6 is 0 Å². The molecule has 0 N–H and O–H groups in total. The van der Waals surface area contributed by atoms with Gasteiger partial charge in [-0.05, 0) is 18.6 Å². The van der Waals surface area contributed by atoms with Crippen LogP contribution in [0.25, 0.3) is 0 Å². The topological polar surface area (TPSA) is 44.8 Å². The molecule has 1 aromatic carbocycles. The van der Waals surface area contributed by atoms with Crippen molar-refractivity contribution in [3.8, 4) is 5.75 Å². The summed E-state index contributed by atoms with van der Waals surface area (Å²) in [5.74, 6) is -2.10. The van der Waals surface area contributed by atoms with Gasteiger partial charge >= 0.3 is 6.18 Å². The van der Waals surface area contributed by atoms with Crippen molar-refractivity contribution >= 4 is 5.78 Å². The van der Waals surface area contributed by atoms with Crippen LogP contribution < -0.4 is 4.74 Å². The average molecular weight is 312 g/mol. The number of para-hydroxylation sites is 1. The number of rotatable bonds is 0. The Hall–Kier alpha value is -2.02. The van der Waals surface area contributed by atoms with Crippen LogP contribution in [0.2, 0.25) is 0 Å². The van der Waals surface area contributed by atoms with Crippen LogP contribution in [-0.2, 0) is 9.47 Å². The summed E-state index contributed by atoms with van der Waals surface area (Å²) in [4.78, 5) is 12.5. The van der Waals surface area contributed by atoms with E-state index >= 15 is 0 Å². The monoisotopic (exact) mass is 312 g/mol. The molecule has 1 aromatic rings. The van der Waals surface area contributed by atoms with Crippen LogP contribution in [0.4, 0.5) is 13.2 Å². The standard InChI is InChI=1S/C15H11F3O4/c16-15(17,18)13-10-11(19)7-3-1-2-4-9(7)21-12(10)8-5-6-20-14(8)22-13/h1-4,8,12,14H,5-6H2/t8-,12+,14+/m0/s1. The molecule has 22 heavy (non-hydrogen) atoms. The van der Waals surface area contributed by atoms with Gasteiger partial charge in [0, 0.05) is 0 Å². The Morgan fingerprint density at radius 3 is 2.68 bits per heavy atom. The second-order valence-electron chi connectivity index (χ2n) is 5.41. The largest absolute Gasteiger partial charge is 0.484 e. The Kier molecular flexibility index (Phi) is 2.78. The minimum Gasteiger partial charge on any atom is -0.484 e. The van der Waals surface area contributed by atoms with E-state index in [2.05, 4.69) is 0 Å². The number of ether oxygens (including phenoxy) is 3. The summed E-state index contributed by atoms with van der Waals surface area (Å²) in [5.41, 5.74) is -0.325. The molecule has 3 aliphatic heterocycles. The fraction of sp³-hybridized carbons (Fsp3) is 0.400. The van der Waals surface area contributed by atoms with Crippen LogP contribution in [0.15, 0.2) is 35.6 Å². The summed E-state index contributed by atoms with van der Waals surface area (Å²) in [6.07, 6.45) is -6.29. The molecular weight excluding hydrogens is 301 g/mol. The third-order valence-electron chi connectivity index (χ3n) is 4.12. The molecule has 4 rings (SSSR count). The lowest BCUT2D eigenvalue weighted by atomic mass is 9.84. The summed E-state index contributed by atoms with van der Waals surface area (Å²) >= 11 is 0. The summed E-state index contributed by atoms with van der Waals surface area (Å²) in [6, 6.07) is 6.29. The molecule has 0 spiro atoms. The zero-order chi connectivity index (χ0) is 15.5. The van der Waals surface area contributed by atoms with Gasteiger partial charge in [0.2, 0.25) is 12.0 Å². The molecule has 3 aliphatic rings. The molecule has 0 aromatic heterocycles. The second kappa shape index (κ2) is 4.49. The lowest BCUT2D eigenvalue weighted by Gasteiger charge is -2.39. The highest BCUT2D eigenvalue weighted by Gasteiger charge is 2.55. The Labute approximate surface area is 123 Å². The molecule has 0 saturated carbocycles. The highest BCUT2D eigenvalue weighted by atomic mass is 19.4. The summed E-state index contributed by atoms with van der Waals surface area (Å²) in [5, 5.41) is 0. The van der Waals surface area contributed by atoms with Crippen molar-refractivity contribution in [2.24, 2.45) is 5.92 Å². The number of benzene rings is 1. The zero-order valence-corrected chi connectivity index (χ0v) is 11.2. The van der Waals surface area contributed by atoms with E-state index in [0.29, 0.717) is 12.2 Å². The quantitative estimate of drug-likeness (QED) is 0.739. The minimum atomic E-state index is -4.77. The molecule has 0 bridgehead atoms. The smallest absolute Gasteiger partial charge is 0.449 e. The molecule has 116 valence electrons. The molecule has 0 unspecified atom stereocenters. The van der Waals surface area contributed by atoms with Gasteiger partial charge in [-0.25, -0.2) is 0 Å². The number of carbonyl (C=O) groups excluding carboxylic acids is 1. The molecule has 1 fully saturated rings. The number of hydrogen-bond donors (Lipinski definition) is 0. The van der Waals surface area contributed by atoms with Gasteiger partial charge in [-0.2, -0.15) is 13.2 Å². The van der Waals surface area contributed by atoms with Gasteiger partial charge in [0.25, 0.3) is 0 Å². The molecule has 0 aliphatic carbocycles. The fourth-order valence-corrected chi connectivity index (χ4v) is 3.16. The number of Topliss-reactive ketones (excluding diaryl/α,β-unsaturated/α-hetero) is 1. The fourth-order valence-electron chi connectivity index (χ4n) is 3.16. The SMILES string of the molecule is O=C1C2=C(C(F)(F)F)O[C@H]3OCC[C@H]3[C@H]2Oc2ccccc21. The number of hydrogen-bond acceptors (Lipinski definition) is 4. The minimum absolute atomic E-state index is 0.122. The van der Waals surface area contributed by atoms with E-state index in [-0.39, 0.29) is 12.2 Å². The number of ketones is 1. The number of alkyl halides is 3. The van der Waals surface area contributed by atoms with E-state index in [1.54, 1.807) is 18.2 Å². The Balaban J connectivity index is 1.91. The highest BCUT2D eigenvalue weighted by Crippen LogP contribution is 2.47. The van der Waals surface area contributed by atoms with Gasteiger partial charge in [0.1, 0.15) is 11.9 Å². The molecule has 1 saturated heterocycles. The van der Waals surface area contributed by atoms with E-state index in [0.717, 1.165) is 0 Å². The molecule has 3 atom stereocenters. The Morgan fingerprint density at radius 1 is 1.14 bits per heavy atom. The van der Waals surface area contributed by atoms with E-state index in [4.69, 9.17) is 14.2 Å². The first-order chi connectivity index (χ1) is 10.5. The summed E-state index contributed by atoms with van der Waals surface area (Å²) in [7, 11) is 0. The van der Waals surface area contributed by atoms with Crippen LogP contribution in [0.3, 0.4) is 0 Å². The summed E-state index contributed by atoms with van der Waals surface area (Å²) in [6.45, 7) is 0.281. The van der Waals surface area contributed by atoms with Gasteiger partial charge < -0.3 is 14.2 Å². The van der Waals surface area contributed by atoms with Crippen molar-refractivity contribution in [3.05, 3.63) is 41.2 Å². The van der Waals surface area contributed by atoms with Crippen LogP contribution in [0, 0.1) is 5.92 Å². The van der Waals surface area contributed by atoms with Crippen LogP contribution in [-0.4, -0.2) is 31.0 Å². The first kappa shape index (κ1) is 13.6. The van der Waals surface area contributed by atoms with E-state index in [9.17, 15) is 18.0 Å². The van der Waals surface area contributed by atoms with E-state index in [1.165, 1.54) is 6.07 Å². The number of halogens is 3. The zero-order valence-electron chi connectivity index (χ0n) is 11.2. The van der Waals surface area contributed by atoms with Gasteiger partial charge in [-0.3, -0.25) is 4.79 Å². The normalized spacial score (nSPS) is 30.1. The van der Waals surface area contributed by atoms with Crippen molar-refractivity contribution in [1.29, 1.82) is 0 Å². The number of carbonyl (C=O) groups is 1. The van der Waals surface area contributed by atoms with Crippen molar-refractivity contribution in [2.75, 3.05) is 6.61 Å². The molecule has 4 nitrogen and oxygen atoms in total. The third-order valence-corrected chi connectivity index (χ3v) is 4.12. The highest BCUT2D eigenvalue weighted by molar-refractivity contribution is 6.12. The van der Waals surface area contributed by atoms with Gasteiger partial charge in [0.15, 0.2) is 5.78 Å². The second-order valence-corrected chi connectivity index (χ2v) is 5.41. The lowest BCUT2D eigenvalue weighted by Crippen LogP contribution is -2.47. The number of fused-ring (bicyclic) bond motifs is 4. The molecule has 0 amide bonds. The predicted octanol–water partition coefficient (Wildman–Crippen LogP) is 2.84. The Morgan fingerprint density at radius 2 is 1.91 bits per heavy atom. The third kappa shape index (κ3) is 1.85. The van der Waals surface area contributed by atoms with Crippen LogP contribution in [0.1, 0.15) is 16.8 Å². The van der Waals surface area contributed by atoms with E-state index < -0.39 is 41.6 Å². The molecular formula is C15H11F3O4. The van der Waals surface area contributed by atoms with Crippen molar-refractivity contribution in [3.63, 3.8) is 0 Å². The average Bonchev–Trinajstić information content (AvgIpc) is 2.94. The maximum absolute atomic E-state index is 13.3. The van der Waals surface area contributed by atoms with Crippen LogP contribution in [0.5, 0.6) is 5.75 Å². The van der Waals surface area contributed by atoms with Gasteiger partial charge in [-0.15, -0.1) is 0 Å². The maximum atomic E-state index is 13.3. The van der Waals surface area contributed by atoms with E-state index in [1.807, 2.05) is 0 Å². The van der Waals surface area contributed by atoms with Crippen molar-refractivity contribution < 1.29 is 32.2 Å². The summed E-state index contributed by atoms with van der Waals surface area (Å²) < 4.78 is 55.7. The molecule has 0 radical (unpaired) electrons. The predicted molar refractivity (Wildman–Crippen MR) is 67.2 cm³/mol. The lowest BCUT2D eigenvalue weighted by molar-refractivity contribution is -0.199. The maximum Gasteiger partial charge on any atom is 0.449 e. The first-order valence-electron chi connectivity index (χ1n) is 6.87. The first-order valence-corrected chi connectivity index (χ1v) is 6.87. The van der Waals surface area contributed by atoms with Gasteiger partial charge in [-0.1, -0.05) is 12.1 Å². The van der Waals surface area contributed by atoms with Crippen molar-refractivity contribution in [1.82, 2.24) is 0 Å². The molecule has 3 heterocycles. The van der Waals surface area contributed by atoms with Gasteiger partial charge in [0.05, 0.1) is 23.7 Å². The number of allylic oxidation sites excluding steroid dienone is 1. The Bertz CT molecular complexity index is 680. The van der Waals surface area contributed by atoms with Crippen molar-refractivity contribution in [2.45, 2.75) is 25.0 Å². The molecule has 7 heteroatoms.